The number of halogens is 2. The van der Waals surface area contributed by atoms with Gasteiger partial charge in [-0.3, -0.25) is 0 Å². The van der Waals surface area contributed by atoms with Crippen LogP contribution in [0.3, 0.4) is 0 Å². The minimum absolute atomic E-state index is 0.193. The van der Waals surface area contributed by atoms with Crippen LogP contribution in [0.4, 0.5) is 0 Å². The SMILES string of the molecule is C[C@H](NCc1ccc(-n2ccnc2)cc1)c1ccc(Cl)c(Cl)c1. The maximum Gasteiger partial charge on any atom is 0.0991 e. The summed E-state index contributed by atoms with van der Waals surface area (Å²) >= 11 is 12.0. The Morgan fingerprint density at radius 1 is 1.09 bits per heavy atom. The van der Waals surface area contributed by atoms with Gasteiger partial charge in [0.2, 0.25) is 0 Å². The number of nitrogens with zero attached hydrogens (tertiary/aromatic N) is 2. The van der Waals surface area contributed by atoms with Crippen LogP contribution in [-0.4, -0.2) is 9.55 Å². The fraction of sp³-hybridized carbons (Fsp3) is 0.167. The van der Waals surface area contributed by atoms with E-state index < -0.39 is 0 Å². The average Bonchev–Trinajstić information content (AvgIpc) is 3.10. The second-order valence-corrected chi connectivity index (χ2v) is 6.23. The number of rotatable bonds is 5. The number of hydrogen-bond acceptors (Lipinski definition) is 2. The Kier molecular flexibility index (Phi) is 5.01. The first-order valence-electron chi connectivity index (χ1n) is 7.39. The van der Waals surface area contributed by atoms with Gasteiger partial charge >= 0.3 is 0 Å². The molecule has 0 spiro atoms. The van der Waals surface area contributed by atoms with E-state index in [-0.39, 0.29) is 6.04 Å². The zero-order valence-electron chi connectivity index (χ0n) is 12.7. The molecule has 3 aromatic rings. The topological polar surface area (TPSA) is 29.9 Å². The molecule has 1 atom stereocenters. The molecule has 0 aliphatic heterocycles. The predicted octanol–water partition coefficient (Wildman–Crippen LogP) is 5.03. The van der Waals surface area contributed by atoms with Crippen LogP contribution >= 0.6 is 23.2 Å². The van der Waals surface area contributed by atoms with Crippen molar-refractivity contribution in [3.8, 4) is 5.69 Å². The summed E-state index contributed by atoms with van der Waals surface area (Å²) in [6, 6.07) is 14.3. The smallest absolute Gasteiger partial charge is 0.0991 e. The van der Waals surface area contributed by atoms with Crippen molar-refractivity contribution < 1.29 is 0 Å². The van der Waals surface area contributed by atoms with Crippen molar-refractivity contribution in [2.75, 3.05) is 0 Å². The third kappa shape index (κ3) is 3.94. The van der Waals surface area contributed by atoms with Crippen LogP contribution < -0.4 is 5.32 Å². The van der Waals surface area contributed by atoms with Gasteiger partial charge in [-0.05, 0) is 42.3 Å². The highest BCUT2D eigenvalue weighted by Gasteiger charge is 2.07. The maximum absolute atomic E-state index is 6.07. The van der Waals surface area contributed by atoms with E-state index in [9.17, 15) is 0 Å². The lowest BCUT2D eigenvalue weighted by molar-refractivity contribution is 0.575. The molecule has 0 amide bonds. The molecule has 0 unspecified atom stereocenters. The Bertz CT molecular complexity index is 767. The van der Waals surface area contributed by atoms with Crippen molar-refractivity contribution in [2.45, 2.75) is 19.5 Å². The summed E-state index contributed by atoms with van der Waals surface area (Å²) < 4.78 is 1.98. The molecule has 1 heterocycles. The summed E-state index contributed by atoms with van der Waals surface area (Å²) in [5, 5.41) is 4.66. The van der Waals surface area contributed by atoms with E-state index in [1.165, 1.54) is 5.56 Å². The molecule has 3 rings (SSSR count). The summed E-state index contributed by atoms with van der Waals surface area (Å²) in [7, 11) is 0. The first-order chi connectivity index (χ1) is 11.1. The van der Waals surface area contributed by atoms with Crippen LogP contribution in [0.25, 0.3) is 5.69 Å². The van der Waals surface area contributed by atoms with E-state index >= 15 is 0 Å². The lowest BCUT2D eigenvalue weighted by Crippen LogP contribution is -2.18. The van der Waals surface area contributed by atoms with Gasteiger partial charge < -0.3 is 9.88 Å². The fourth-order valence-electron chi connectivity index (χ4n) is 2.37. The van der Waals surface area contributed by atoms with Crippen LogP contribution in [0.15, 0.2) is 61.2 Å². The van der Waals surface area contributed by atoms with Gasteiger partial charge in [-0.2, -0.15) is 0 Å². The van der Waals surface area contributed by atoms with Crippen molar-refractivity contribution >= 4 is 23.2 Å². The molecular formula is C18H17Cl2N3. The van der Waals surface area contributed by atoms with Crippen LogP contribution in [0.2, 0.25) is 10.0 Å². The molecular weight excluding hydrogens is 329 g/mol. The van der Waals surface area contributed by atoms with Crippen LogP contribution in [-0.2, 0) is 6.54 Å². The third-order valence-electron chi connectivity index (χ3n) is 3.79. The van der Waals surface area contributed by atoms with E-state index in [2.05, 4.69) is 41.5 Å². The molecule has 118 valence electrons. The lowest BCUT2D eigenvalue weighted by atomic mass is 10.1. The Hall–Kier alpha value is -1.81. The van der Waals surface area contributed by atoms with Crippen molar-refractivity contribution in [3.05, 3.63) is 82.4 Å². The number of benzene rings is 2. The molecule has 0 aliphatic rings. The molecule has 5 heteroatoms. The van der Waals surface area contributed by atoms with Crippen molar-refractivity contribution in [2.24, 2.45) is 0 Å². The van der Waals surface area contributed by atoms with Crippen LogP contribution in [0.1, 0.15) is 24.1 Å². The Balaban J connectivity index is 1.62. The molecule has 0 radical (unpaired) electrons. The highest BCUT2D eigenvalue weighted by atomic mass is 35.5. The van der Waals surface area contributed by atoms with Gasteiger partial charge in [0.15, 0.2) is 0 Å². The highest BCUT2D eigenvalue weighted by molar-refractivity contribution is 6.42. The standard InChI is InChI=1S/C18H17Cl2N3/c1-13(15-4-7-17(19)18(20)10-15)22-11-14-2-5-16(6-3-14)23-9-8-21-12-23/h2-10,12-13,22H,11H2,1H3/t13-/m0/s1. The number of aromatic nitrogens is 2. The third-order valence-corrected chi connectivity index (χ3v) is 4.53. The van der Waals surface area contributed by atoms with Crippen LogP contribution in [0.5, 0.6) is 0 Å². The number of nitrogens with one attached hydrogen (secondary N) is 1. The summed E-state index contributed by atoms with van der Waals surface area (Å²) in [5.41, 5.74) is 3.44. The monoisotopic (exact) mass is 345 g/mol. The molecule has 1 aromatic heterocycles. The molecule has 0 aliphatic carbocycles. The number of hydrogen-bond donors (Lipinski definition) is 1. The lowest BCUT2D eigenvalue weighted by Gasteiger charge is -2.15. The average molecular weight is 346 g/mol. The first-order valence-corrected chi connectivity index (χ1v) is 8.14. The predicted molar refractivity (Wildman–Crippen MR) is 95.3 cm³/mol. The largest absolute Gasteiger partial charge is 0.306 e. The molecule has 3 nitrogen and oxygen atoms in total. The van der Waals surface area contributed by atoms with Gasteiger partial charge in [-0.25, -0.2) is 4.98 Å². The molecule has 1 N–H and O–H groups in total. The molecule has 2 aromatic carbocycles. The quantitative estimate of drug-likeness (QED) is 0.702. The molecule has 0 bridgehead atoms. The van der Waals surface area contributed by atoms with E-state index in [4.69, 9.17) is 23.2 Å². The molecule has 0 fully saturated rings. The van der Waals surface area contributed by atoms with Gasteiger partial charge in [0.25, 0.3) is 0 Å². The Labute approximate surface area is 145 Å². The van der Waals surface area contributed by atoms with E-state index in [1.807, 2.05) is 29.0 Å². The highest BCUT2D eigenvalue weighted by Crippen LogP contribution is 2.25. The Morgan fingerprint density at radius 2 is 1.87 bits per heavy atom. The minimum atomic E-state index is 0.193. The first kappa shape index (κ1) is 16.1. The van der Waals surface area contributed by atoms with Gasteiger partial charge in [0.05, 0.1) is 16.4 Å². The van der Waals surface area contributed by atoms with E-state index in [0.29, 0.717) is 10.0 Å². The maximum atomic E-state index is 6.07. The second kappa shape index (κ2) is 7.18. The zero-order valence-corrected chi connectivity index (χ0v) is 14.2. The van der Waals surface area contributed by atoms with Gasteiger partial charge in [0.1, 0.15) is 0 Å². The summed E-state index contributed by atoms with van der Waals surface area (Å²) in [6.07, 6.45) is 5.49. The van der Waals surface area contributed by atoms with Gasteiger partial charge in [0, 0.05) is 30.7 Å². The summed E-state index contributed by atoms with van der Waals surface area (Å²) in [6.45, 7) is 2.89. The van der Waals surface area contributed by atoms with Crippen molar-refractivity contribution in [1.29, 1.82) is 0 Å². The number of imidazole rings is 1. The zero-order chi connectivity index (χ0) is 16.2. The van der Waals surface area contributed by atoms with E-state index in [1.54, 1.807) is 12.5 Å². The van der Waals surface area contributed by atoms with Crippen molar-refractivity contribution in [3.63, 3.8) is 0 Å². The van der Waals surface area contributed by atoms with Gasteiger partial charge in [-0.1, -0.05) is 41.4 Å². The molecule has 0 saturated carbocycles. The van der Waals surface area contributed by atoms with Crippen LogP contribution in [0, 0.1) is 0 Å². The minimum Gasteiger partial charge on any atom is -0.306 e. The van der Waals surface area contributed by atoms with E-state index in [0.717, 1.165) is 17.8 Å². The molecule has 0 saturated heterocycles. The Morgan fingerprint density at radius 3 is 2.52 bits per heavy atom. The summed E-state index contributed by atoms with van der Waals surface area (Å²) in [4.78, 5) is 4.06. The fourth-order valence-corrected chi connectivity index (χ4v) is 2.67. The van der Waals surface area contributed by atoms with Gasteiger partial charge in [-0.15, -0.1) is 0 Å². The molecule has 23 heavy (non-hydrogen) atoms. The summed E-state index contributed by atoms with van der Waals surface area (Å²) in [5.74, 6) is 0. The van der Waals surface area contributed by atoms with Crippen molar-refractivity contribution in [1.82, 2.24) is 14.9 Å². The normalized spacial score (nSPS) is 12.3. The second-order valence-electron chi connectivity index (χ2n) is 5.41.